The first kappa shape index (κ1) is 18.9. The van der Waals surface area contributed by atoms with E-state index in [0.29, 0.717) is 19.0 Å². The molecule has 3 N–H and O–H groups in total. The quantitative estimate of drug-likeness (QED) is 0.747. The van der Waals surface area contributed by atoms with Crippen molar-refractivity contribution in [2.75, 3.05) is 38.5 Å². The maximum absolute atomic E-state index is 12.9. The van der Waals surface area contributed by atoms with Crippen LogP contribution in [0.5, 0.6) is 0 Å². The first-order chi connectivity index (χ1) is 14.6. The van der Waals surface area contributed by atoms with E-state index in [4.69, 9.17) is 10.5 Å². The lowest BCUT2D eigenvalue weighted by atomic mass is 9.90. The Kier molecular flexibility index (Phi) is 4.83. The van der Waals surface area contributed by atoms with E-state index in [-0.39, 0.29) is 30.7 Å². The number of likely N-dealkylation sites (tertiary alicyclic amines) is 2. The number of fused-ring (bicyclic) bond motifs is 1. The molecule has 5 rings (SSSR count). The molecule has 0 radical (unpaired) electrons. The van der Waals surface area contributed by atoms with Crippen LogP contribution in [-0.4, -0.2) is 66.7 Å². The van der Waals surface area contributed by atoms with E-state index in [9.17, 15) is 9.59 Å². The van der Waals surface area contributed by atoms with E-state index in [2.05, 4.69) is 29.6 Å². The van der Waals surface area contributed by atoms with Crippen molar-refractivity contribution in [3.8, 4) is 11.1 Å². The molecule has 3 amide bonds. The summed E-state index contributed by atoms with van der Waals surface area (Å²) in [7, 11) is 0. The molecule has 2 atom stereocenters. The number of piperidine rings is 1. The molecule has 30 heavy (non-hydrogen) atoms. The van der Waals surface area contributed by atoms with Crippen molar-refractivity contribution in [2.24, 2.45) is 0 Å². The van der Waals surface area contributed by atoms with Gasteiger partial charge in [0.05, 0.1) is 12.1 Å². The van der Waals surface area contributed by atoms with Crippen LogP contribution in [0, 0.1) is 0 Å². The van der Waals surface area contributed by atoms with E-state index in [1.807, 2.05) is 34.1 Å². The predicted octanol–water partition coefficient (Wildman–Crippen LogP) is 2.04. The number of carbonyl (C=O) groups excluding carboxylic acids is 2. The van der Waals surface area contributed by atoms with Crippen molar-refractivity contribution in [2.45, 2.75) is 24.5 Å². The highest BCUT2D eigenvalue weighted by Gasteiger charge is 2.40. The Morgan fingerprint density at radius 1 is 1.03 bits per heavy atom. The molecule has 0 spiro atoms. The summed E-state index contributed by atoms with van der Waals surface area (Å²) >= 11 is 0. The summed E-state index contributed by atoms with van der Waals surface area (Å²) < 4.78 is 5.58. The second-order valence-corrected chi connectivity index (χ2v) is 8.35. The predicted molar refractivity (Wildman–Crippen MR) is 114 cm³/mol. The van der Waals surface area contributed by atoms with Crippen LogP contribution in [-0.2, 0) is 9.53 Å². The number of nitrogens with zero attached hydrogens (tertiary/aromatic N) is 2. The fraction of sp³-hybridized carbons (Fsp3) is 0.391. The highest BCUT2D eigenvalue weighted by molar-refractivity contribution is 5.79. The summed E-state index contributed by atoms with van der Waals surface area (Å²) in [4.78, 5) is 28.2. The normalized spacial score (nSPS) is 24.1. The van der Waals surface area contributed by atoms with Gasteiger partial charge in [-0.15, -0.1) is 0 Å². The number of rotatable bonds is 2. The minimum absolute atomic E-state index is 0.0213. The zero-order valence-electron chi connectivity index (χ0n) is 16.8. The Labute approximate surface area is 175 Å². The molecule has 0 aliphatic carbocycles. The van der Waals surface area contributed by atoms with Crippen molar-refractivity contribution in [3.05, 3.63) is 54.1 Å². The van der Waals surface area contributed by atoms with Gasteiger partial charge >= 0.3 is 6.03 Å². The number of nitrogens with two attached hydrogens (primary N) is 1. The van der Waals surface area contributed by atoms with Gasteiger partial charge in [0.1, 0.15) is 6.61 Å². The van der Waals surface area contributed by atoms with Crippen molar-refractivity contribution in [3.63, 3.8) is 0 Å². The lowest BCUT2D eigenvalue weighted by Crippen LogP contribution is -2.63. The summed E-state index contributed by atoms with van der Waals surface area (Å²) in [5.74, 6) is 0.252. The molecule has 0 saturated carbocycles. The average Bonchev–Trinajstić information content (AvgIpc) is 2.73. The van der Waals surface area contributed by atoms with Crippen molar-refractivity contribution in [1.82, 2.24) is 15.1 Å². The first-order valence-electron chi connectivity index (χ1n) is 10.5. The number of nitrogens with one attached hydrogen (secondary N) is 1. The van der Waals surface area contributed by atoms with E-state index < -0.39 is 0 Å². The number of morpholine rings is 1. The lowest BCUT2D eigenvalue weighted by Gasteiger charge is -2.46. The molecule has 2 aromatic carbocycles. The molecule has 2 unspecified atom stereocenters. The Morgan fingerprint density at radius 3 is 2.57 bits per heavy atom. The highest BCUT2D eigenvalue weighted by atomic mass is 16.5. The zero-order valence-corrected chi connectivity index (χ0v) is 16.8. The lowest BCUT2D eigenvalue weighted by molar-refractivity contribution is -0.139. The Bertz CT molecular complexity index is 955. The fourth-order valence-electron chi connectivity index (χ4n) is 4.61. The van der Waals surface area contributed by atoms with E-state index >= 15 is 0 Å². The van der Waals surface area contributed by atoms with Crippen molar-refractivity contribution < 1.29 is 14.3 Å². The van der Waals surface area contributed by atoms with Gasteiger partial charge in [-0.3, -0.25) is 4.79 Å². The van der Waals surface area contributed by atoms with Gasteiger partial charge in [0.15, 0.2) is 0 Å². The topological polar surface area (TPSA) is 87.9 Å². The van der Waals surface area contributed by atoms with E-state index in [1.165, 1.54) is 5.56 Å². The molecule has 3 aliphatic rings. The third-order valence-electron chi connectivity index (χ3n) is 6.40. The molecule has 3 fully saturated rings. The van der Waals surface area contributed by atoms with Gasteiger partial charge in [-0.05, 0) is 23.6 Å². The molecule has 3 heterocycles. The Hall–Kier alpha value is -3.06. The summed E-state index contributed by atoms with van der Waals surface area (Å²) in [5.41, 5.74) is 10.2. The van der Waals surface area contributed by atoms with Crippen molar-refractivity contribution in [1.29, 1.82) is 0 Å². The molecule has 7 heteroatoms. The molecule has 0 bridgehead atoms. The molecule has 156 valence electrons. The summed E-state index contributed by atoms with van der Waals surface area (Å²) in [6, 6.07) is 16.3. The number of nitrogen functional groups attached to an aromatic ring is 1. The number of ether oxygens (including phenoxy) is 1. The van der Waals surface area contributed by atoms with Gasteiger partial charge in [0.25, 0.3) is 0 Å². The van der Waals surface area contributed by atoms with E-state index in [1.54, 1.807) is 0 Å². The van der Waals surface area contributed by atoms with Crippen LogP contribution in [0.15, 0.2) is 48.5 Å². The number of amides is 3. The van der Waals surface area contributed by atoms with Crippen molar-refractivity contribution >= 4 is 17.6 Å². The monoisotopic (exact) mass is 406 g/mol. The van der Waals surface area contributed by atoms with Crippen LogP contribution < -0.4 is 11.1 Å². The van der Waals surface area contributed by atoms with Crippen LogP contribution in [0.1, 0.15) is 17.9 Å². The molecule has 0 aromatic heterocycles. The van der Waals surface area contributed by atoms with Gasteiger partial charge in [0, 0.05) is 43.3 Å². The number of carbonyl (C=O) groups is 2. The first-order valence-corrected chi connectivity index (χ1v) is 10.5. The van der Waals surface area contributed by atoms with Gasteiger partial charge in [-0.25, -0.2) is 4.79 Å². The maximum atomic E-state index is 12.9. The van der Waals surface area contributed by atoms with E-state index in [0.717, 1.165) is 36.3 Å². The number of anilines is 1. The van der Waals surface area contributed by atoms with Crippen LogP contribution in [0.25, 0.3) is 11.1 Å². The van der Waals surface area contributed by atoms with Crippen LogP contribution in [0.2, 0.25) is 0 Å². The third kappa shape index (κ3) is 3.50. The molecule has 2 aromatic rings. The average molecular weight is 406 g/mol. The molecular weight excluding hydrogens is 380 g/mol. The van der Waals surface area contributed by atoms with Gasteiger partial charge in [0.2, 0.25) is 5.91 Å². The number of para-hydroxylation sites is 1. The zero-order chi connectivity index (χ0) is 20.7. The van der Waals surface area contributed by atoms with Crippen LogP contribution >= 0.6 is 0 Å². The highest BCUT2D eigenvalue weighted by Crippen LogP contribution is 2.32. The SMILES string of the molecule is Nc1ccccc1-c1ccc(C2CN(C(=O)N3CCC4OCC(=O)NC4C3)C2)cc1. The minimum atomic E-state index is -0.102. The maximum Gasteiger partial charge on any atom is 0.320 e. The molecular formula is C23H26N4O3. The largest absolute Gasteiger partial charge is 0.398 e. The smallest absolute Gasteiger partial charge is 0.320 e. The number of hydrogen-bond donors (Lipinski definition) is 2. The molecule has 3 aliphatic heterocycles. The third-order valence-corrected chi connectivity index (χ3v) is 6.40. The summed E-state index contributed by atoms with van der Waals surface area (Å²) in [6.07, 6.45) is 0.783. The molecule has 3 saturated heterocycles. The standard InChI is InChI=1S/C23H26N4O3/c24-19-4-2-1-3-18(19)16-7-5-15(6-8-16)17-11-27(12-17)23(29)26-10-9-21-20(13-26)25-22(28)14-30-21/h1-8,17,20-21H,9-14,24H2,(H,25,28). The summed E-state index contributed by atoms with van der Waals surface area (Å²) in [6.45, 7) is 2.75. The van der Waals surface area contributed by atoms with Gasteiger partial charge < -0.3 is 25.6 Å². The molecule has 7 nitrogen and oxygen atoms in total. The Morgan fingerprint density at radius 2 is 1.80 bits per heavy atom. The number of urea groups is 1. The van der Waals surface area contributed by atoms with Gasteiger partial charge in [-0.2, -0.15) is 0 Å². The minimum Gasteiger partial charge on any atom is -0.398 e. The summed E-state index contributed by atoms with van der Waals surface area (Å²) in [5, 5.41) is 2.95. The second kappa shape index (κ2) is 7.65. The van der Waals surface area contributed by atoms with Crippen LogP contribution in [0.3, 0.4) is 0 Å². The number of benzene rings is 2. The second-order valence-electron chi connectivity index (χ2n) is 8.35. The number of hydrogen-bond acceptors (Lipinski definition) is 4. The Balaban J connectivity index is 1.18. The van der Waals surface area contributed by atoms with Gasteiger partial charge in [-0.1, -0.05) is 42.5 Å². The fourth-order valence-corrected chi connectivity index (χ4v) is 4.61. The van der Waals surface area contributed by atoms with Crippen LogP contribution in [0.4, 0.5) is 10.5 Å².